The fourth-order valence-corrected chi connectivity index (χ4v) is 2.81. The molecule has 0 bridgehead atoms. The summed E-state index contributed by atoms with van der Waals surface area (Å²) in [6.45, 7) is 7.04. The fraction of sp³-hybridized carbons (Fsp3) is 1.00. The summed E-state index contributed by atoms with van der Waals surface area (Å²) in [5.74, 6) is 0.770. The first-order chi connectivity index (χ1) is 8.29. The summed E-state index contributed by atoms with van der Waals surface area (Å²) < 4.78 is 5.25. The summed E-state index contributed by atoms with van der Waals surface area (Å²) >= 11 is 0. The molecule has 1 saturated heterocycles. The lowest BCUT2D eigenvalue weighted by Gasteiger charge is -2.24. The molecule has 2 atom stereocenters. The number of hydrogen-bond acceptors (Lipinski definition) is 3. The van der Waals surface area contributed by atoms with Crippen LogP contribution in [0.2, 0.25) is 0 Å². The fourth-order valence-electron chi connectivity index (χ4n) is 2.81. The summed E-state index contributed by atoms with van der Waals surface area (Å²) in [5.41, 5.74) is 0. The van der Waals surface area contributed by atoms with Crippen molar-refractivity contribution < 1.29 is 4.74 Å². The second-order valence-corrected chi connectivity index (χ2v) is 5.82. The molecule has 0 amide bonds. The molecule has 1 heterocycles. The van der Waals surface area contributed by atoms with Gasteiger partial charge >= 0.3 is 0 Å². The Morgan fingerprint density at radius 1 is 1.35 bits per heavy atom. The molecule has 1 saturated carbocycles. The van der Waals surface area contributed by atoms with E-state index < -0.39 is 0 Å². The van der Waals surface area contributed by atoms with Crippen molar-refractivity contribution in [3.05, 3.63) is 0 Å². The van der Waals surface area contributed by atoms with Gasteiger partial charge in [-0.15, -0.1) is 0 Å². The Morgan fingerprint density at radius 3 is 2.88 bits per heavy atom. The van der Waals surface area contributed by atoms with Crippen molar-refractivity contribution in [3.8, 4) is 0 Å². The quantitative estimate of drug-likeness (QED) is 0.656. The van der Waals surface area contributed by atoms with Gasteiger partial charge in [0.05, 0.1) is 6.61 Å². The lowest BCUT2D eigenvalue weighted by Crippen LogP contribution is -2.32. The molecule has 17 heavy (non-hydrogen) atoms. The predicted octanol–water partition coefficient (Wildman–Crippen LogP) is 1.88. The van der Waals surface area contributed by atoms with Crippen molar-refractivity contribution in [2.75, 3.05) is 33.4 Å². The van der Waals surface area contributed by atoms with E-state index >= 15 is 0 Å². The van der Waals surface area contributed by atoms with Crippen LogP contribution in [0.4, 0.5) is 0 Å². The molecule has 3 nitrogen and oxygen atoms in total. The van der Waals surface area contributed by atoms with Gasteiger partial charge in [-0.3, -0.25) is 0 Å². The summed E-state index contributed by atoms with van der Waals surface area (Å²) in [6, 6.07) is 1.61. The van der Waals surface area contributed by atoms with Crippen LogP contribution in [0.15, 0.2) is 0 Å². The van der Waals surface area contributed by atoms with Gasteiger partial charge in [-0.25, -0.2) is 0 Å². The first-order valence-corrected chi connectivity index (χ1v) is 7.26. The highest BCUT2D eigenvalue weighted by molar-refractivity contribution is 4.82. The van der Waals surface area contributed by atoms with E-state index in [1.54, 1.807) is 0 Å². The van der Waals surface area contributed by atoms with Gasteiger partial charge in [0.25, 0.3) is 0 Å². The number of hydrogen-bond donors (Lipinski definition) is 1. The van der Waals surface area contributed by atoms with Gasteiger partial charge in [-0.2, -0.15) is 0 Å². The van der Waals surface area contributed by atoms with Crippen LogP contribution in [0.3, 0.4) is 0 Å². The number of likely N-dealkylation sites (tertiary alicyclic amines) is 1. The minimum absolute atomic E-state index is 0.748. The maximum Gasteiger partial charge on any atom is 0.0503 e. The molecule has 0 aromatic carbocycles. The Balaban J connectivity index is 1.54. The third-order valence-electron chi connectivity index (χ3n) is 4.15. The highest BCUT2D eigenvalue weighted by Gasteiger charge is 2.25. The van der Waals surface area contributed by atoms with Crippen LogP contribution in [-0.2, 0) is 4.74 Å². The van der Waals surface area contributed by atoms with Gasteiger partial charge in [-0.05, 0) is 58.0 Å². The number of methoxy groups -OCH3 is 1. The molecule has 1 N–H and O–H groups in total. The second kappa shape index (κ2) is 6.72. The van der Waals surface area contributed by atoms with Gasteiger partial charge in [0.1, 0.15) is 0 Å². The maximum atomic E-state index is 5.25. The topological polar surface area (TPSA) is 24.5 Å². The smallest absolute Gasteiger partial charge is 0.0503 e. The van der Waals surface area contributed by atoms with E-state index in [4.69, 9.17) is 4.74 Å². The molecule has 0 aromatic rings. The summed E-state index contributed by atoms with van der Waals surface area (Å²) in [6.07, 6.45) is 6.78. The Bertz CT molecular complexity index is 218. The van der Waals surface area contributed by atoms with Crippen LogP contribution in [-0.4, -0.2) is 50.3 Å². The minimum atomic E-state index is 0.748. The Morgan fingerprint density at radius 2 is 2.18 bits per heavy atom. The standard InChI is InChI=1S/C14H28N2O/c1-12(4-3-8-15-14-5-6-14)16-9-7-13(10-16)11-17-2/h12-15H,3-11H2,1-2H3. The van der Waals surface area contributed by atoms with Gasteiger partial charge in [0.2, 0.25) is 0 Å². The normalized spacial score (nSPS) is 27.5. The molecule has 0 spiro atoms. The molecular formula is C14H28N2O. The molecule has 3 heteroatoms. The monoisotopic (exact) mass is 240 g/mol. The van der Waals surface area contributed by atoms with Crippen molar-refractivity contribution in [2.24, 2.45) is 5.92 Å². The van der Waals surface area contributed by atoms with E-state index in [-0.39, 0.29) is 0 Å². The third kappa shape index (κ3) is 4.57. The van der Waals surface area contributed by atoms with E-state index in [1.807, 2.05) is 7.11 Å². The van der Waals surface area contributed by atoms with Gasteiger partial charge in [0, 0.05) is 25.7 Å². The molecular weight excluding hydrogens is 212 g/mol. The van der Waals surface area contributed by atoms with E-state index in [1.165, 1.54) is 51.7 Å². The Hall–Kier alpha value is -0.120. The number of nitrogens with one attached hydrogen (secondary N) is 1. The number of nitrogens with zero attached hydrogens (tertiary/aromatic N) is 1. The average Bonchev–Trinajstić information content (AvgIpc) is 3.03. The molecule has 2 aliphatic rings. The van der Waals surface area contributed by atoms with E-state index in [0.29, 0.717) is 0 Å². The van der Waals surface area contributed by atoms with Crippen LogP contribution >= 0.6 is 0 Å². The van der Waals surface area contributed by atoms with E-state index in [2.05, 4.69) is 17.1 Å². The third-order valence-corrected chi connectivity index (χ3v) is 4.15. The van der Waals surface area contributed by atoms with Gasteiger partial charge in [-0.1, -0.05) is 0 Å². The minimum Gasteiger partial charge on any atom is -0.384 e. The van der Waals surface area contributed by atoms with E-state index in [9.17, 15) is 0 Å². The molecule has 1 aliphatic heterocycles. The molecule has 1 aliphatic carbocycles. The molecule has 2 rings (SSSR count). The van der Waals surface area contributed by atoms with Crippen LogP contribution in [0, 0.1) is 5.92 Å². The van der Waals surface area contributed by atoms with Crippen molar-refractivity contribution in [1.29, 1.82) is 0 Å². The Kier molecular flexibility index (Phi) is 5.26. The number of ether oxygens (including phenoxy) is 1. The first kappa shape index (κ1) is 13.3. The summed E-state index contributed by atoms with van der Waals surface area (Å²) in [4.78, 5) is 2.64. The maximum absolute atomic E-state index is 5.25. The molecule has 2 unspecified atom stereocenters. The zero-order valence-electron chi connectivity index (χ0n) is 11.5. The summed E-state index contributed by atoms with van der Waals surface area (Å²) in [5, 5.41) is 3.59. The zero-order chi connectivity index (χ0) is 12.1. The molecule has 0 aromatic heterocycles. The first-order valence-electron chi connectivity index (χ1n) is 7.26. The van der Waals surface area contributed by atoms with Crippen LogP contribution < -0.4 is 5.32 Å². The molecule has 2 fully saturated rings. The van der Waals surface area contributed by atoms with Gasteiger partial charge in [0.15, 0.2) is 0 Å². The van der Waals surface area contributed by atoms with Crippen LogP contribution in [0.1, 0.15) is 39.0 Å². The van der Waals surface area contributed by atoms with Gasteiger partial charge < -0.3 is 15.0 Å². The zero-order valence-corrected chi connectivity index (χ0v) is 11.5. The largest absolute Gasteiger partial charge is 0.384 e. The van der Waals surface area contributed by atoms with Crippen molar-refractivity contribution in [2.45, 2.75) is 51.1 Å². The predicted molar refractivity (Wildman–Crippen MR) is 71.3 cm³/mol. The molecule has 0 radical (unpaired) electrons. The summed E-state index contributed by atoms with van der Waals surface area (Å²) in [7, 11) is 1.82. The lowest BCUT2D eigenvalue weighted by atomic mass is 10.1. The second-order valence-electron chi connectivity index (χ2n) is 5.82. The lowest BCUT2D eigenvalue weighted by molar-refractivity contribution is 0.147. The van der Waals surface area contributed by atoms with Crippen LogP contribution in [0.5, 0.6) is 0 Å². The SMILES string of the molecule is COCC1CCN(C(C)CCCNC2CC2)C1. The van der Waals surface area contributed by atoms with Crippen LogP contribution in [0.25, 0.3) is 0 Å². The van der Waals surface area contributed by atoms with E-state index in [0.717, 1.165) is 24.6 Å². The highest BCUT2D eigenvalue weighted by atomic mass is 16.5. The van der Waals surface area contributed by atoms with Crippen molar-refractivity contribution in [3.63, 3.8) is 0 Å². The Labute approximate surface area is 106 Å². The van der Waals surface area contributed by atoms with Crippen molar-refractivity contribution in [1.82, 2.24) is 10.2 Å². The average molecular weight is 240 g/mol. The number of rotatable bonds is 8. The highest BCUT2D eigenvalue weighted by Crippen LogP contribution is 2.21. The molecule has 100 valence electrons. The van der Waals surface area contributed by atoms with Crippen molar-refractivity contribution >= 4 is 0 Å².